The Morgan fingerprint density at radius 1 is 0.398 bits per heavy atom. The second-order valence-corrected chi connectivity index (χ2v) is 30.5. The Morgan fingerprint density at radius 2 is 0.703 bits per heavy atom. The smallest absolute Gasteiger partial charge is 0.323 e. The molecular weight excluding hydrogens is 1490 g/mol. The number of nitrogens with one attached hydrogen (secondary N) is 4. The monoisotopic (exact) mass is 1590 g/mol. The molecule has 4 amide bonds. The van der Waals surface area contributed by atoms with Crippen molar-refractivity contribution in [1.82, 2.24) is 0 Å². The summed E-state index contributed by atoms with van der Waals surface area (Å²) in [7, 11) is 0. The van der Waals surface area contributed by atoms with Gasteiger partial charge < -0.3 is 46.4 Å². The summed E-state index contributed by atoms with van der Waals surface area (Å²) in [5, 5.41) is 82.0. The third kappa shape index (κ3) is 25.3. The summed E-state index contributed by atoms with van der Waals surface area (Å²) in [5.41, 5.74) is 23.0. The maximum absolute atomic E-state index is 13.8. The molecule has 0 atom stereocenters. The number of carbonyl (C=O) groups is 2. The first-order valence-electron chi connectivity index (χ1n) is 38.6. The van der Waals surface area contributed by atoms with Gasteiger partial charge in [-0.3, -0.25) is 0 Å². The number of ether oxygens (including phenoxy) is 1. The zero-order valence-corrected chi connectivity index (χ0v) is 67.7. The SMILES string of the molecule is C.CC(C)CN(CC(C)C)c1ccc(-c2ccccc2C2=NN=NC2)cc1N.CC(C)CN(CC(C)C)c1ccc(-c2ccccc2C2=NN=NC2)cc1NC(=O)Nc1ccc(F)c(C#N)c1.CC(C)CN(CC(C)C)c1ccc(-c2ccccc2C2=NN=NC2)cc1NC(=O)Nc1ccc(F)c(C#N)c1.N#COc1ccc(F)c(C#N)c1. The molecular formula is C91H100F3N21O3. The highest BCUT2D eigenvalue weighted by Crippen LogP contribution is 2.39. The summed E-state index contributed by atoms with van der Waals surface area (Å²) >= 11 is 0. The number of carbonyl (C=O) groups excluding carboxylic acids is 2. The van der Waals surface area contributed by atoms with Crippen LogP contribution in [0.1, 0.15) is 124 Å². The predicted molar refractivity (Wildman–Crippen MR) is 466 cm³/mol. The van der Waals surface area contributed by atoms with Gasteiger partial charge in [0.1, 0.15) is 61.0 Å². The molecule has 3 heterocycles. The lowest BCUT2D eigenvalue weighted by Gasteiger charge is -2.31. The van der Waals surface area contributed by atoms with Gasteiger partial charge in [-0.15, -0.1) is 20.6 Å². The minimum absolute atomic E-state index is 0. The Hall–Kier alpha value is -13.9. The molecule has 3 aliphatic rings. The highest BCUT2D eigenvalue weighted by Gasteiger charge is 2.25. The van der Waals surface area contributed by atoms with Crippen LogP contribution in [-0.2, 0) is 0 Å². The van der Waals surface area contributed by atoms with E-state index in [0.29, 0.717) is 77.9 Å². The number of nitrogen functional groups attached to an aromatic ring is 1. The fraction of sp³-hybridized carbons (Fsp3) is 0.308. The first-order chi connectivity index (χ1) is 56.2. The molecule has 9 aromatic carbocycles. The summed E-state index contributed by atoms with van der Waals surface area (Å²) in [6.07, 6.45) is 1.42. The number of nitrogens with two attached hydrogens (primary N) is 1. The van der Waals surface area contributed by atoms with E-state index in [0.717, 1.165) is 147 Å². The Morgan fingerprint density at radius 3 is 1.01 bits per heavy atom. The van der Waals surface area contributed by atoms with Crippen molar-refractivity contribution in [3.63, 3.8) is 0 Å². The van der Waals surface area contributed by atoms with E-state index in [1.54, 1.807) is 18.2 Å². The number of amides is 4. The van der Waals surface area contributed by atoms with Crippen LogP contribution in [0.3, 0.4) is 0 Å². The second kappa shape index (κ2) is 43.5. The number of urea groups is 2. The minimum Gasteiger partial charge on any atom is -0.397 e. The first-order valence-corrected chi connectivity index (χ1v) is 38.6. The second-order valence-electron chi connectivity index (χ2n) is 30.5. The molecule has 12 rings (SSSR count). The van der Waals surface area contributed by atoms with Crippen LogP contribution in [0.4, 0.5) is 68.3 Å². The number of rotatable bonds is 26. The maximum Gasteiger partial charge on any atom is 0.323 e. The first kappa shape index (κ1) is 89.6. The van der Waals surface area contributed by atoms with E-state index < -0.39 is 29.5 Å². The predicted octanol–water partition coefficient (Wildman–Crippen LogP) is 22.0. The zero-order chi connectivity index (χ0) is 84.2. The standard InChI is InChI=1S/2C30H32FN7O.C22H29N5.C8H3FN2O.CH4/c2*1-19(2)17-38(18-20(3)4)29-12-9-21(24-7-5-6-8-25(24)28-16-33-37-36-28)14-27(29)35-30(39)34-23-10-11-26(31)22(13-23)15-32;1-15(2)13-27(14-16(3)4)22-10-9-17(11-20(22)23)18-7-5-6-8-19(18)21-12-24-26-25-21;9-8-2-1-7(12-5-11)3-6(8)4-10;/h2*5-14,19-20H,16-18H2,1-4H3,(H2,34,35,39);5-11,15-16H,12-14,23H2,1-4H3;1-3H;1H4. The molecule has 27 heteroatoms. The largest absolute Gasteiger partial charge is 0.397 e. The Labute approximate surface area is 689 Å². The molecule has 3 aliphatic heterocycles. The van der Waals surface area contributed by atoms with Gasteiger partial charge in [0.05, 0.1) is 67.9 Å². The Bertz CT molecular complexity index is 5140. The Kier molecular flexibility index (Phi) is 33.1. The lowest BCUT2D eigenvalue weighted by atomic mass is 9.95. The van der Waals surface area contributed by atoms with Crippen LogP contribution >= 0.6 is 0 Å². The third-order valence-electron chi connectivity index (χ3n) is 18.0. The number of anilines is 8. The van der Waals surface area contributed by atoms with Crippen molar-refractivity contribution >= 4 is 74.7 Å². The minimum atomic E-state index is -0.636. The van der Waals surface area contributed by atoms with Crippen LogP contribution in [0.25, 0.3) is 33.4 Å². The van der Waals surface area contributed by atoms with Gasteiger partial charge in [-0.05, 0) is 169 Å². The Balaban J connectivity index is 0.000000208. The number of nitriles is 4. The number of hydrogen-bond donors (Lipinski definition) is 5. The van der Waals surface area contributed by atoms with Crippen LogP contribution < -0.4 is 46.4 Å². The number of halogens is 3. The summed E-state index contributed by atoms with van der Waals surface area (Å²) in [6.45, 7) is 32.9. The summed E-state index contributed by atoms with van der Waals surface area (Å²) in [6, 6.07) is 58.0. The molecule has 0 bridgehead atoms. The van der Waals surface area contributed by atoms with Crippen LogP contribution in [0.5, 0.6) is 5.75 Å². The molecule has 9 aromatic rings. The van der Waals surface area contributed by atoms with Crippen molar-refractivity contribution in [3.8, 4) is 63.6 Å². The number of nitrogens with zero attached hydrogens (tertiary/aromatic N) is 16. The third-order valence-corrected chi connectivity index (χ3v) is 18.0. The zero-order valence-electron chi connectivity index (χ0n) is 67.7. The van der Waals surface area contributed by atoms with E-state index in [1.165, 1.54) is 42.7 Å². The van der Waals surface area contributed by atoms with Gasteiger partial charge in [-0.25, -0.2) is 22.8 Å². The van der Waals surface area contributed by atoms with E-state index >= 15 is 0 Å². The van der Waals surface area contributed by atoms with Crippen LogP contribution in [-0.4, -0.2) is 88.1 Å². The van der Waals surface area contributed by atoms with Gasteiger partial charge in [0.25, 0.3) is 6.26 Å². The van der Waals surface area contributed by atoms with Crippen molar-refractivity contribution in [2.24, 2.45) is 81.8 Å². The molecule has 0 saturated heterocycles. The molecule has 0 unspecified atom stereocenters. The van der Waals surface area contributed by atoms with E-state index in [-0.39, 0.29) is 29.9 Å². The van der Waals surface area contributed by atoms with Gasteiger partial charge in [-0.2, -0.15) is 31.1 Å². The van der Waals surface area contributed by atoms with E-state index in [9.17, 15) is 22.8 Å². The molecule has 24 nitrogen and oxygen atoms in total. The normalized spacial score (nSPS) is 12.1. The van der Waals surface area contributed by atoms with Gasteiger partial charge >= 0.3 is 12.1 Å². The lowest BCUT2D eigenvalue weighted by Crippen LogP contribution is -2.32. The summed E-state index contributed by atoms with van der Waals surface area (Å²) in [5.74, 6) is 1.05. The molecule has 0 aromatic heterocycles. The molecule has 0 aliphatic carbocycles. The fourth-order valence-corrected chi connectivity index (χ4v) is 13.3. The number of hydrogen-bond acceptors (Lipinski definition) is 20. The van der Waals surface area contributed by atoms with Crippen molar-refractivity contribution in [2.45, 2.75) is 90.5 Å². The highest BCUT2D eigenvalue weighted by atomic mass is 19.1. The van der Waals surface area contributed by atoms with Crippen LogP contribution in [0.15, 0.2) is 228 Å². The molecule has 0 spiro atoms. The number of benzene rings is 9. The van der Waals surface area contributed by atoms with Crippen molar-refractivity contribution in [1.29, 1.82) is 21.0 Å². The average Bonchev–Trinajstić information content (AvgIpc) is 1.06. The van der Waals surface area contributed by atoms with Crippen molar-refractivity contribution in [3.05, 3.63) is 233 Å². The average molecular weight is 1590 g/mol. The molecule has 0 fully saturated rings. The van der Waals surface area contributed by atoms with E-state index in [4.69, 9.17) is 26.8 Å². The molecule has 608 valence electrons. The topological polar surface area (TPSA) is 334 Å². The van der Waals surface area contributed by atoms with Crippen LogP contribution in [0, 0.1) is 98.5 Å². The van der Waals surface area contributed by atoms with E-state index in [1.807, 2.05) is 97.1 Å². The van der Waals surface area contributed by atoms with Crippen molar-refractivity contribution < 1.29 is 27.5 Å². The fourth-order valence-electron chi connectivity index (χ4n) is 13.3. The molecule has 6 N–H and O–H groups in total. The van der Waals surface area contributed by atoms with Crippen molar-refractivity contribution in [2.75, 3.05) is 101 Å². The summed E-state index contributed by atoms with van der Waals surface area (Å²) < 4.78 is 44.6. The molecule has 0 saturated carbocycles. The van der Waals surface area contributed by atoms with Gasteiger partial charge in [0, 0.05) is 73.4 Å². The van der Waals surface area contributed by atoms with Gasteiger partial charge in [0.15, 0.2) is 0 Å². The van der Waals surface area contributed by atoms with Gasteiger partial charge in [0.2, 0.25) is 0 Å². The lowest BCUT2D eigenvalue weighted by molar-refractivity contribution is 0.261. The molecule has 118 heavy (non-hydrogen) atoms. The van der Waals surface area contributed by atoms with Crippen LogP contribution in [0.2, 0.25) is 0 Å². The van der Waals surface area contributed by atoms with Gasteiger partial charge in [-0.1, -0.05) is 182 Å². The van der Waals surface area contributed by atoms with E-state index in [2.05, 4.69) is 200 Å². The maximum atomic E-state index is 13.8. The molecule has 0 radical (unpaired) electrons. The highest BCUT2D eigenvalue weighted by molar-refractivity contribution is 6.11. The quantitative estimate of drug-likeness (QED) is 0.0250. The summed E-state index contributed by atoms with van der Waals surface area (Å²) in [4.78, 5) is 33.3.